The Labute approximate surface area is 195 Å². The molecule has 2 aromatic carbocycles. The summed E-state index contributed by atoms with van der Waals surface area (Å²) in [7, 11) is 0. The van der Waals surface area contributed by atoms with Crippen molar-refractivity contribution in [3.63, 3.8) is 0 Å². The molecule has 3 amide bonds. The lowest BCUT2D eigenvalue weighted by atomic mass is 10.1. The van der Waals surface area contributed by atoms with E-state index < -0.39 is 6.04 Å². The number of nitrogens with one attached hydrogen (secondary N) is 2. The fraction of sp³-hybridized carbons (Fsp3) is 0.238. The fourth-order valence-corrected chi connectivity index (χ4v) is 3.94. The molecule has 0 bridgehead atoms. The molecule has 0 aliphatic carbocycles. The van der Waals surface area contributed by atoms with E-state index in [1.165, 1.54) is 11.8 Å². The Bertz CT molecular complexity index is 1020. The van der Waals surface area contributed by atoms with Crippen LogP contribution in [0.15, 0.2) is 48.5 Å². The van der Waals surface area contributed by atoms with Crippen LogP contribution in [0.25, 0.3) is 0 Å². The van der Waals surface area contributed by atoms with Gasteiger partial charge in [-0.2, -0.15) is 0 Å². The van der Waals surface area contributed by atoms with Crippen LogP contribution in [-0.4, -0.2) is 46.9 Å². The van der Waals surface area contributed by atoms with E-state index in [1.54, 1.807) is 53.4 Å². The molecule has 1 atom stereocenters. The number of hydrogen-bond donors (Lipinski definition) is 2. The monoisotopic (exact) mass is 478 g/mol. The number of hydrogen-bond acceptors (Lipinski definition) is 4. The van der Waals surface area contributed by atoms with Gasteiger partial charge in [-0.3, -0.25) is 19.3 Å². The summed E-state index contributed by atoms with van der Waals surface area (Å²) in [5.74, 6) is -0.873. The third-order valence-corrected chi connectivity index (χ3v) is 5.52. The van der Waals surface area contributed by atoms with E-state index in [2.05, 4.69) is 10.6 Å². The Hall–Kier alpha value is -2.68. The Morgan fingerprint density at radius 1 is 1.10 bits per heavy atom. The summed E-state index contributed by atoms with van der Waals surface area (Å²) >= 11 is 17.5. The number of amides is 3. The first-order valence-electron chi connectivity index (χ1n) is 9.46. The van der Waals surface area contributed by atoms with Crippen LogP contribution in [0.2, 0.25) is 10.0 Å². The average Bonchev–Trinajstić information content (AvgIpc) is 2.93. The maximum absolute atomic E-state index is 13.2. The minimum absolute atomic E-state index is 0.112. The van der Waals surface area contributed by atoms with Crippen LogP contribution >= 0.6 is 35.4 Å². The third kappa shape index (κ3) is 5.72. The predicted molar refractivity (Wildman–Crippen MR) is 125 cm³/mol. The van der Waals surface area contributed by atoms with Gasteiger partial charge >= 0.3 is 0 Å². The van der Waals surface area contributed by atoms with Crippen LogP contribution in [0.4, 0.5) is 11.4 Å². The van der Waals surface area contributed by atoms with Crippen LogP contribution in [0.5, 0.6) is 0 Å². The number of benzene rings is 2. The van der Waals surface area contributed by atoms with Crippen molar-refractivity contribution in [3.05, 3.63) is 58.6 Å². The van der Waals surface area contributed by atoms with Gasteiger partial charge in [0.1, 0.15) is 6.04 Å². The number of carbonyl (C=O) groups excluding carboxylic acids is 3. The fourth-order valence-electron chi connectivity index (χ4n) is 3.21. The molecule has 0 radical (unpaired) electrons. The molecular weight excluding hydrogens is 459 g/mol. The normalized spacial score (nSPS) is 15.9. The van der Waals surface area contributed by atoms with Gasteiger partial charge in [-0.1, -0.05) is 29.3 Å². The molecular formula is C21H20Cl2N4O3S. The van der Waals surface area contributed by atoms with Crippen molar-refractivity contribution in [2.75, 3.05) is 23.3 Å². The summed E-state index contributed by atoms with van der Waals surface area (Å²) < 4.78 is 0. The first-order chi connectivity index (χ1) is 14.8. The molecule has 31 heavy (non-hydrogen) atoms. The molecule has 7 nitrogen and oxygen atoms in total. The van der Waals surface area contributed by atoms with Crippen molar-refractivity contribution in [1.82, 2.24) is 10.2 Å². The molecule has 3 rings (SSSR count). The number of nitrogens with zero attached hydrogens (tertiary/aromatic N) is 2. The standard InChI is InChI=1S/C21H20Cl2N4O3S/c1-13(28)24-9-10-26-18(12-19(29)25-16-7-5-14(22)6-8-16)20(30)27(21(26)31)17-4-2-3-15(23)11-17/h2-8,11,18H,9-10,12H2,1H3,(H,24,28)(H,25,29)/t18-/m0/s1. The first-order valence-corrected chi connectivity index (χ1v) is 10.6. The van der Waals surface area contributed by atoms with Crippen LogP contribution in [-0.2, 0) is 14.4 Å². The SMILES string of the molecule is CC(=O)NCCN1C(=S)N(c2cccc(Cl)c2)C(=O)[C@@H]1CC(=O)Nc1ccc(Cl)cc1. The van der Waals surface area contributed by atoms with Gasteiger partial charge in [0.05, 0.1) is 12.1 Å². The van der Waals surface area contributed by atoms with Crippen LogP contribution in [0.3, 0.4) is 0 Å². The molecule has 1 aliphatic heterocycles. The maximum Gasteiger partial charge on any atom is 0.256 e. The Kier molecular flexibility index (Phi) is 7.48. The van der Waals surface area contributed by atoms with Crippen LogP contribution < -0.4 is 15.5 Å². The molecule has 162 valence electrons. The van der Waals surface area contributed by atoms with Gasteiger partial charge in [-0.25, -0.2) is 0 Å². The van der Waals surface area contributed by atoms with E-state index in [0.29, 0.717) is 21.4 Å². The molecule has 0 spiro atoms. The largest absolute Gasteiger partial charge is 0.355 e. The highest BCUT2D eigenvalue weighted by atomic mass is 35.5. The molecule has 1 saturated heterocycles. The van der Waals surface area contributed by atoms with Crippen molar-refractivity contribution in [2.45, 2.75) is 19.4 Å². The van der Waals surface area contributed by atoms with Gasteiger partial charge in [-0.05, 0) is 54.7 Å². The number of halogens is 2. The molecule has 2 aromatic rings. The number of anilines is 2. The van der Waals surface area contributed by atoms with Gasteiger partial charge in [0.2, 0.25) is 11.8 Å². The van der Waals surface area contributed by atoms with Crippen molar-refractivity contribution in [2.24, 2.45) is 0 Å². The summed E-state index contributed by atoms with van der Waals surface area (Å²) in [6, 6.07) is 12.6. The molecule has 1 aliphatic rings. The Morgan fingerprint density at radius 2 is 1.81 bits per heavy atom. The molecule has 1 fully saturated rings. The number of rotatable bonds is 7. The highest BCUT2D eigenvalue weighted by molar-refractivity contribution is 7.80. The quantitative estimate of drug-likeness (QED) is 0.595. The van der Waals surface area contributed by atoms with E-state index >= 15 is 0 Å². The van der Waals surface area contributed by atoms with Gasteiger partial charge in [0, 0.05) is 35.7 Å². The smallest absolute Gasteiger partial charge is 0.256 e. The molecule has 1 heterocycles. The van der Waals surface area contributed by atoms with Gasteiger partial charge in [0.15, 0.2) is 5.11 Å². The number of thiocarbonyl (C=S) groups is 1. The maximum atomic E-state index is 13.2. The van der Waals surface area contributed by atoms with Crippen molar-refractivity contribution < 1.29 is 14.4 Å². The topological polar surface area (TPSA) is 81.8 Å². The second-order valence-electron chi connectivity index (χ2n) is 6.89. The van der Waals surface area contributed by atoms with E-state index in [1.807, 2.05) is 0 Å². The third-order valence-electron chi connectivity index (χ3n) is 4.62. The highest BCUT2D eigenvalue weighted by Gasteiger charge is 2.43. The summed E-state index contributed by atoms with van der Waals surface area (Å²) in [5, 5.41) is 6.71. The second kappa shape index (κ2) is 10.1. The van der Waals surface area contributed by atoms with E-state index in [4.69, 9.17) is 35.4 Å². The minimum Gasteiger partial charge on any atom is -0.355 e. The predicted octanol–water partition coefficient (Wildman–Crippen LogP) is 3.46. The second-order valence-corrected chi connectivity index (χ2v) is 8.13. The van der Waals surface area contributed by atoms with Gasteiger partial charge < -0.3 is 15.5 Å². The minimum atomic E-state index is -0.812. The first kappa shape index (κ1) is 23.0. The highest BCUT2D eigenvalue weighted by Crippen LogP contribution is 2.29. The zero-order valence-corrected chi connectivity index (χ0v) is 18.9. The zero-order valence-electron chi connectivity index (χ0n) is 16.6. The zero-order chi connectivity index (χ0) is 22.5. The van der Waals surface area contributed by atoms with Crippen molar-refractivity contribution in [3.8, 4) is 0 Å². The number of carbonyl (C=O) groups is 3. The molecule has 0 saturated carbocycles. The van der Waals surface area contributed by atoms with E-state index in [9.17, 15) is 14.4 Å². The Balaban J connectivity index is 1.80. The summed E-state index contributed by atoms with van der Waals surface area (Å²) in [4.78, 5) is 40.2. The van der Waals surface area contributed by atoms with Crippen LogP contribution in [0.1, 0.15) is 13.3 Å². The van der Waals surface area contributed by atoms with Gasteiger partial charge in [-0.15, -0.1) is 0 Å². The summed E-state index contributed by atoms with van der Waals surface area (Å²) in [5.41, 5.74) is 1.09. The van der Waals surface area contributed by atoms with Crippen molar-refractivity contribution >= 4 is 69.6 Å². The average molecular weight is 479 g/mol. The molecule has 10 heteroatoms. The van der Waals surface area contributed by atoms with E-state index in [-0.39, 0.29) is 42.3 Å². The lowest BCUT2D eigenvalue weighted by Crippen LogP contribution is -2.42. The van der Waals surface area contributed by atoms with Gasteiger partial charge in [0.25, 0.3) is 5.91 Å². The summed E-state index contributed by atoms with van der Waals surface area (Å²) in [6.07, 6.45) is -0.112. The summed E-state index contributed by atoms with van der Waals surface area (Å²) in [6.45, 7) is 1.96. The van der Waals surface area contributed by atoms with Crippen LogP contribution in [0, 0.1) is 0 Å². The molecule has 0 aromatic heterocycles. The molecule has 0 unspecified atom stereocenters. The van der Waals surface area contributed by atoms with E-state index in [0.717, 1.165) is 0 Å². The lowest BCUT2D eigenvalue weighted by molar-refractivity contribution is -0.124. The van der Waals surface area contributed by atoms with Crippen molar-refractivity contribution in [1.29, 1.82) is 0 Å². The lowest BCUT2D eigenvalue weighted by Gasteiger charge is -2.24. The molecule has 2 N–H and O–H groups in total. The Morgan fingerprint density at radius 3 is 2.45 bits per heavy atom.